The standard InChI is InChI=1S/C16H26N2O/c1-4-13-7-9-18(10-8-13)14-5-6-15(12(2)17-3)16(19)11-14/h5-6,11-13,17,19H,4,7-10H2,1-3H3. The van der Waals surface area contributed by atoms with Gasteiger partial charge in [0.1, 0.15) is 5.75 Å². The van der Waals surface area contributed by atoms with Crippen molar-refractivity contribution in [1.29, 1.82) is 0 Å². The fraction of sp³-hybridized carbons (Fsp3) is 0.625. The second-order valence-corrected chi connectivity index (χ2v) is 5.59. The van der Waals surface area contributed by atoms with E-state index in [-0.39, 0.29) is 6.04 Å². The molecule has 1 heterocycles. The lowest BCUT2D eigenvalue weighted by molar-refractivity contribution is 0.394. The number of aromatic hydroxyl groups is 1. The fourth-order valence-corrected chi connectivity index (χ4v) is 2.85. The maximum atomic E-state index is 10.2. The Morgan fingerprint density at radius 1 is 1.37 bits per heavy atom. The van der Waals surface area contributed by atoms with E-state index in [0.717, 1.165) is 30.3 Å². The molecule has 2 rings (SSSR count). The Bertz CT molecular complexity index is 411. The summed E-state index contributed by atoms with van der Waals surface area (Å²) in [5.41, 5.74) is 2.12. The molecule has 1 aromatic rings. The summed E-state index contributed by atoms with van der Waals surface area (Å²) in [7, 11) is 1.91. The number of hydrogen-bond donors (Lipinski definition) is 2. The summed E-state index contributed by atoms with van der Waals surface area (Å²) in [5.74, 6) is 1.28. The van der Waals surface area contributed by atoms with Crippen molar-refractivity contribution in [2.45, 2.75) is 39.2 Å². The summed E-state index contributed by atoms with van der Waals surface area (Å²) in [4.78, 5) is 2.39. The Morgan fingerprint density at radius 2 is 2.05 bits per heavy atom. The summed E-state index contributed by atoms with van der Waals surface area (Å²) in [6.07, 6.45) is 3.83. The minimum absolute atomic E-state index is 0.180. The molecule has 1 unspecified atom stereocenters. The van der Waals surface area contributed by atoms with Gasteiger partial charge in [-0.3, -0.25) is 0 Å². The van der Waals surface area contributed by atoms with Gasteiger partial charge in [-0.15, -0.1) is 0 Å². The van der Waals surface area contributed by atoms with Crippen LogP contribution in [-0.4, -0.2) is 25.2 Å². The van der Waals surface area contributed by atoms with Crippen molar-refractivity contribution >= 4 is 5.69 Å². The highest BCUT2D eigenvalue weighted by molar-refractivity contribution is 5.54. The average Bonchev–Trinajstić information content (AvgIpc) is 2.46. The van der Waals surface area contributed by atoms with Crippen molar-refractivity contribution < 1.29 is 5.11 Å². The van der Waals surface area contributed by atoms with Crippen LogP contribution in [0.15, 0.2) is 18.2 Å². The van der Waals surface area contributed by atoms with Gasteiger partial charge < -0.3 is 15.3 Å². The number of nitrogens with one attached hydrogen (secondary N) is 1. The van der Waals surface area contributed by atoms with Crippen LogP contribution < -0.4 is 10.2 Å². The van der Waals surface area contributed by atoms with Gasteiger partial charge in [-0.25, -0.2) is 0 Å². The molecular formula is C16H26N2O. The van der Waals surface area contributed by atoms with Crippen LogP contribution in [-0.2, 0) is 0 Å². The molecule has 0 aromatic heterocycles. The summed E-state index contributed by atoms with van der Waals surface area (Å²) >= 11 is 0. The van der Waals surface area contributed by atoms with Gasteiger partial charge in [0.15, 0.2) is 0 Å². The first-order chi connectivity index (χ1) is 9.15. The van der Waals surface area contributed by atoms with E-state index in [1.807, 2.05) is 19.2 Å². The number of piperidine rings is 1. The van der Waals surface area contributed by atoms with Crippen LogP contribution in [0, 0.1) is 5.92 Å². The predicted molar refractivity (Wildman–Crippen MR) is 80.8 cm³/mol. The summed E-state index contributed by atoms with van der Waals surface area (Å²) in [6.45, 7) is 6.55. The zero-order valence-corrected chi connectivity index (χ0v) is 12.3. The van der Waals surface area contributed by atoms with Crippen LogP contribution in [0.5, 0.6) is 5.75 Å². The van der Waals surface area contributed by atoms with Crippen LogP contribution in [0.25, 0.3) is 0 Å². The zero-order valence-electron chi connectivity index (χ0n) is 12.3. The van der Waals surface area contributed by atoms with E-state index in [1.165, 1.54) is 19.3 Å². The number of benzene rings is 1. The maximum absolute atomic E-state index is 10.2. The number of hydrogen-bond acceptors (Lipinski definition) is 3. The molecule has 106 valence electrons. The highest BCUT2D eigenvalue weighted by Crippen LogP contribution is 2.31. The molecule has 1 aromatic carbocycles. The second kappa shape index (κ2) is 6.29. The van der Waals surface area contributed by atoms with E-state index in [4.69, 9.17) is 0 Å². The van der Waals surface area contributed by atoms with Crippen molar-refractivity contribution in [3.63, 3.8) is 0 Å². The molecular weight excluding hydrogens is 236 g/mol. The van der Waals surface area contributed by atoms with Gasteiger partial charge in [-0.2, -0.15) is 0 Å². The van der Waals surface area contributed by atoms with Gasteiger partial charge in [0, 0.05) is 36.4 Å². The van der Waals surface area contributed by atoms with Gasteiger partial charge in [-0.05, 0) is 38.8 Å². The van der Waals surface area contributed by atoms with E-state index in [0.29, 0.717) is 5.75 Å². The van der Waals surface area contributed by atoms with E-state index in [9.17, 15) is 5.11 Å². The molecule has 3 nitrogen and oxygen atoms in total. The molecule has 1 atom stereocenters. The van der Waals surface area contributed by atoms with Crippen molar-refractivity contribution in [3.05, 3.63) is 23.8 Å². The molecule has 1 aliphatic heterocycles. The quantitative estimate of drug-likeness (QED) is 0.874. The van der Waals surface area contributed by atoms with Crippen LogP contribution in [0.3, 0.4) is 0 Å². The minimum atomic E-state index is 0.180. The molecule has 1 fully saturated rings. The first-order valence-electron chi connectivity index (χ1n) is 7.40. The molecule has 0 radical (unpaired) electrons. The number of phenols is 1. The number of rotatable bonds is 4. The molecule has 0 aliphatic carbocycles. The van der Waals surface area contributed by atoms with E-state index in [1.54, 1.807) is 0 Å². The van der Waals surface area contributed by atoms with Gasteiger partial charge in [0.25, 0.3) is 0 Å². The fourth-order valence-electron chi connectivity index (χ4n) is 2.85. The maximum Gasteiger partial charge on any atom is 0.122 e. The lowest BCUT2D eigenvalue weighted by atomic mass is 9.94. The third-order valence-corrected chi connectivity index (χ3v) is 4.47. The molecule has 2 N–H and O–H groups in total. The molecule has 0 bridgehead atoms. The second-order valence-electron chi connectivity index (χ2n) is 5.59. The smallest absolute Gasteiger partial charge is 0.122 e. The van der Waals surface area contributed by atoms with Crippen molar-refractivity contribution in [1.82, 2.24) is 5.32 Å². The van der Waals surface area contributed by atoms with E-state index < -0.39 is 0 Å². The third-order valence-electron chi connectivity index (χ3n) is 4.47. The summed E-state index contributed by atoms with van der Waals surface area (Å²) < 4.78 is 0. The monoisotopic (exact) mass is 262 g/mol. The molecule has 0 saturated carbocycles. The lowest BCUT2D eigenvalue weighted by Crippen LogP contribution is -2.33. The molecule has 0 amide bonds. The number of anilines is 1. The Balaban J connectivity index is 2.08. The van der Waals surface area contributed by atoms with Gasteiger partial charge in [-0.1, -0.05) is 19.4 Å². The first kappa shape index (κ1) is 14.2. The number of phenolic OH excluding ortho intramolecular Hbond substituents is 1. The van der Waals surface area contributed by atoms with Crippen LogP contribution in [0.2, 0.25) is 0 Å². The Hall–Kier alpha value is -1.22. The van der Waals surface area contributed by atoms with E-state index >= 15 is 0 Å². The van der Waals surface area contributed by atoms with Gasteiger partial charge >= 0.3 is 0 Å². The van der Waals surface area contributed by atoms with Crippen LogP contribution in [0.1, 0.15) is 44.7 Å². The average molecular weight is 262 g/mol. The molecule has 0 spiro atoms. The van der Waals surface area contributed by atoms with Crippen LogP contribution >= 0.6 is 0 Å². The summed E-state index contributed by atoms with van der Waals surface area (Å²) in [5, 5.41) is 13.3. The molecule has 3 heteroatoms. The van der Waals surface area contributed by atoms with Crippen molar-refractivity contribution in [2.75, 3.05) is 25.0 Å². The molecule has 1 aliphatic rings. The minimum Gasteiger partial charge on any atom is -0.508 e. The third kappa shape index (κ3) is 3.21. The van der Waals surface area contributed by atoms with Crippen molar-refractivity contribution in [3.8, 4) is 5.75 Å². The summed E-state index contributed by atoms with van der Waals surface area (Å²) in [6, 6.07) is 6.27. The predicted octanol–water partition coefficient (Wildman–Crippen LogP) is 3.30. The number of nitrogens with zero attached hydrogens (tertiary/aromatic N) is 1. The van der Waals surface area contributed by atoms with E-state index in [2.05, 4.69) is 30.1 Å². The Kier molecular flexibility index (Phi) is 4.70. The topological polar surface area (TPSA) is 35.5 Å². The highest BCUT2D eigenvalue weighted by atomic mass is 16.3. The largest absolute Gasteiger partial charge is 0.508 e. The van der Waals surface area contributed by atoms with Gasteiger partial charge in [0.05, 0.1) is 0 Å². The Morgan fingerprint density at radius 3 is 2.58 bits per heavy atom. The highest BCUT2D eigenvalue weighted by Gasteiger charge is 2.19. The normalized spacial score (nSPS) is 18.6. The lowest BCUT2D eigenvalue weighted by Gasteiger charge is -2.33. The zero-order chi connectivity index (χ0) is 13.8. The first-order valence-corrected chi connectivity index (χ1v) is 7.40. The molecule has 19 heavy (non-hydrogen) atoms. The molecule has 1 saturated heterocycles. The van der Waals surface area contributed by atoms with Gasteiger partial charge in [0.2, 0.25) is 0 Å². The SMILES string of the molecule is CCC1CCN(c2ccc(C(C)NC)c(O)c2)CC1. The Labute approximate surface area is 116 Å². The van der Waals surface area contributed by atoms with Crippen LogP contribution in [0.4, 0.5) is 5.69 Å². The van der Waals surface area contributed by atoms with Crippen molar-refractivity contribution in [2.24, 2.45) is 5.92 Å².